The van der Waals surface area contributed by atoms with Crippen LogP contribution in [-0.2, 0) is 11.2 Å². The summed E-state index contributed by atoms with van der Waals surface area (Å²) in [5.41, 5.74) is 3.90. The number of thiazole rings is 2. The highest BCUT2D eigenvalue weighted by atomic mass is 32.1. The molecule has 2 aromatic carbocycles. The highest BCUT2D eigenvalue weighted by molar-refractivity contribution is 7.18. The third-order valence-corrected chi connectivity index (χ3v) is 5.97. The maximum Gasteiger partial charge on any atom is 0.221 e. The first-order valence-electron chi connectivity index (χ1n) is 8.27. The quantitative estimate of drug-likeness (QED) is 0.525. The topological polar surface area (TPSA) is 54.9 Å². The van der Waals surface area contributed by atoms with E-state index < -0.39 is 0 Å². The molecule has 130 valence electrons. The van der Waals surface area contributed by atoms with Gasteiger partial charge >= 0.3 is 0 Å². The molecule has 4 nitrogen and oxygen atoms in total. The summed E-state index contributed by atoms with van der Waals surface area (Å²) in [6.45, 7) is 3.60. The molecule has 0 atom stereocenters. The Morgan fingerprint density at radius 3 is 2.46 bits per heavy atom. The van der Waals surface area contributed by atoms with Crippen molar-refractivity contribution in [3.63, 3.8) is 0 Å². The lowest BCUT2D eigenvalue weighted by atomic mass is 10.1. The van der Waals surface area contributed by atoms with Crippen molar-refractivity contribution in [2.24, 2.45) is 0 Å². The second-order valence-electron chi connectivity index (χ2n) is 6.02. The van der Waals surface area contributed by atoms with E-state index in [-0.39, 0.29) is 5.91 Å². The van der Waals surface area contributed by atoms with E-state index in [0.717, 1.165) is 38.9 Å². The molecule has 0 aliphatic carbocycles. The van der Waals surface area contributed by atoms with E-state index in [0.29, 0.717) is 0 Å². The third-order valence-electron chi connectivity index (χ3n) is 3.96. The SMILES string of the molecule is CC(=O)Nc1ccc(-c2nc(Cc3nc4ccccc4s3)sc2C)cc1. The molecule has 26 heavy (non-hydrogen) atoms. The zero-order valence-electron chi connectivity index (χ0n) is 14.4. The Morgan fingerprint density at radius 2 is 1.73 bits per heavy atom. The van der Waals surface area contributed by atoms with Crippen molar-refractivity contribution in [2.75, 3.05) is 5.32 Å². The number of benzene rings is 2. The Labute approximate surface area is 159 Å². The summed E-state index contributed by atoms with van der Waals surface area (Å²) in [4.78, 5) is 21.9. The number of hydrogen-bond acceptors (Lipinski definition) is 5. The predicted molar refractivity (Wildman–Crippen MR) is 109 cm³/mol. The van der Waals surface area contributed by atoms with E-state index in [1.807, 2.05) is 42.5 Å². The number of para-hydroxylation sites is 1. The Hall–Kier alpha value is -2.57. The van der Waals surface area contributed by atoms with Crippen LogP contribution in [-0.4, -0.2) is 15.9 Å². The van der Waals surface area contributed by atoms with Gasteiger partial charge < -0.3 is 5.32 Å². The van der Waals surface area contributed by atoms with Crippen LogP contribution in [0.5, 0.6) is 0 Å². The second-order valence-corrected chi connectivity index (χ2v) is 8.43. The number of anilines is 1. The van der Waals surface area contributed by atoms with Crippen LogP contribution in [0.25, 0.3) is 21.5 Å². The molecule has 6 heteroatoms. The van der Waals surface area contributed by atoms with Crippen LogP contribution in [0.4, 0.5) is 5.69 Å². The van der Waals surface area contributed by atoms with Crippen molar-refractivity contribution in [1.82, 2.24) is 9.97 Å². The van der Waals surface area contributed by atoms with Crippen molar-refractivity contribution in [1.29, 1.82) is 0 Å². The molecule has 0 radical (unpaired) electrons. The van der Waals surface area contributed by atoms with E-state index in [4.69, 9.17) is 9.97 Å². The summed E-state index contributed by atoms with van der Waals surface area (Å²) < 4.78 is 1.21. The Balaban J connectivity index is 1.57. The molecule has 0 aliphatic rings. The van der Waals surface area contributed by atoms with Crippen LogP contribution in [0.2, 0.25) is 0 Å². The number of hydrogen-bond donors (Lipinski definition) is 1. The van der Waals surface area contributed by atoms with Gasteiger partial charge in [0.15, 0.2) is 0 Å². The summed E-state index contributed by atoms with van der Waals surface area (Å²) in [6.07, 6.45) is 0.759. The fourth-order valence-corrected chi connectivity index (χ4v) is 4.86. The summed E-state index contributed by atoms with van der Waals surface area (Å²) in [5, 5.41) is 4.95. The first-order valence-corrected chi connectivity index (χ1v) is 9.90. The third kappa shape index (κ3) is 3.52. The lowest BCUT2D eigenvalue weighted by molar-refractivity contribution is -0.114. The number of amides is 1. The van der Waals surface area contributed by atoms with E-state index in [1.54, 1.807) is 22.7 Å². The van der Waals surface area contributed by atoms with Gasteiger partial charge in [0, 0.05) is 23.1 Å². The summed E-state index contributed by atoms with van der Waals surface area (Å²) >= 11 is 3.44. The maximum absolute atomic E-state index is 11.1. The minimum Gasteiger partial charge on any atom is -0.326 e. The monoisotopic (exact) mass is 379 g/mol. The molecule has 0 bridgehead atoms. The van der Waals surface area contributed by atoms with Gasteiger partial charge in [-0.2, -0.15) is 0 Å². The minimum atomic E-state index is -0.0688. The highest BCUT2D eigenvalue weighted by Gasteiger charge is 2.12. The zero-order valence-corrected chi connectivity index (χ0v) is 16.1. The molecule has 4 rings (SSSR count). The van der Waals surface area contributed by atoms with Crippen molar-refractivity contribution in [3.8, 4) is 11.3 Å². The largest absolute Gasteiger partial charge is 0.326 e. The van der Waals surface area contributed by atoms with Gasteiger partial charge in [-0.3, -0.25) is 4.79 Å². The van der Waals surface area contributed by atoms with Gasteiger partial charge in [0.05, 0.1) is 22.3 Å². The lowest BCUT2D eigenvalue weighted by Crippen LogP contribution is -2.05. The molecular weight excluding hydrogens is 362 g/mol. The van der Waals surface area contributed by atoms with E-state index in [2.05, 4.69) is 18.3 Å². The van der Waals surface area contributed by atoms with Crippen molar-refractivity contribution >= 4 is 44.5 Å². The number of carbonyl (C=O) groups is 1. The van der Waals surface area contributed by atoms with Gasteiger partial charge in [0.1, 0.15) is 10.0 Å². The standard InChI is InChI=1S/C20H17N3OS2/c1-12-20(14-7-9-15(10-8-14)21-13(2)24)23-19(25-12)11-18-22-16-5-3-4-6-17(16)26-18/h3-10H,11H2,1-2H3,(H,21,24). The predicted octanol–water partition coefficient (Wildman–Crippen LogP) is 5.28. The number of fused-ring (bicyclic) bond motifs is 1. The van der Waals surface area contributed by atoms with Gasteiger partial charge in [0.25, 0.3) is 0 Å². The summed E-state index contributed by atoms with van der Waals surface area (Å²) in [7, 11) is 0. The zero-order chi connectivity index (χ0) is 18.1. The van der Waals surface area contributed by atoms with E-state index >= 15 is 0 Å². The highest BCUT2D eigenvalue weighted by Crippen LogP contribution is 2.31. The average Bonchev–Trinajstić information content (AvgIpc) is 3.18. The molecule has 0 unspecified atom stereocenters. The smallest absolute Gasteiger partial charge is 0.221 e. The van der Waals surface area contributed by atoms with Gasteiger partial charge in [-0.1, -0.05) is 24.3 Å². The Kier molecular flexibility index (Phi) is 4.53. The van der Waals surface area contributed by atoms with Gasteiger partial charge in [-0.05, 0) is 31.2 Å². The number of rotatable bonds is 4. The van der Waals surface area contributed by atoms with Crippen LogP contribution in [0.15, 0.2) is 48.5 Å². The normalized spacial score (nSPS) is 11.0. The number of nitrogens with zero attached hydrogens (tertiary/aromatic N) is 2. The van der Waals surface area contributed by atoms with Crippen LogP contribution in [0.1, 0.15) is 21.8 Å². The number of carbonyl (C=O) groups excluding carboxylic acids is 1. The van der Waals surface area contributed by atoms with Crippen LogP contribution >= 0.6 is 22.7 Å². The summed E-state index contributed by atoms with van der Waals surface area (Å²) in [6, 6.07) is 16.0. The van der Waals surface area contributed by atoms with E-state index in [1.165, 1.54) is 16.5 Å². The number of aryl methyl sites for hydroxylation is 1. The van der Waals surface area contributed by atoms with Gasteiger partial charge in [-0.15, -0.1) is 22.7 Å². The van der Waals surface area contributed by atoms with Crippen molar-refractivity contribution in [3.05, 3.63) is 63.4 Å². The van der Waals surface area contributed by atoms with Crippen LogP contribution in [0, 0.1) is 6.92 Å². The second kappa shape index (κ2) is 6.97. The van der Waals surface area contributed by atoms with Crippen LogP contribution < -0.4 is 5.32 Å². The minimum absolute atomic E-state index is 0.0688. The molecule has 4 aromatic rings. The number of nitrogens with one attached hydrogen (secondary N) is 1. The molecule has 0 saturated heterocycles. The van der Waals surface area contributed by atoms with Crippen LogP contribution in [0.3, 0.4) is 0 Å². The first-order chi connectivity index (χ1) is 12.6. The number of aromatic nitrogens is 2. The van der Waals surface area contributed by atoms with Crippen molar-refractivity contribution in [2.45, 2.75) is 20.3 Å². The molecule has 1 amide bonds. The lowest BCUT2D eigenvalue weighted by Gasteiger charge is -2.03. The molecule has 1 N–H and O–H groups in total. The molecule has 0 spiro atoms. The van der Waals surface area contributed by atoms with Crippen molar-refractivity contribution < 1.29 is 4.79 Å². The molecule has 0 aliphatic heterocycles. The van der Waals surface area contributed by atoms with Gasteiger partial charge in [-0.25, -0.2) is 9.97 Å². The molecule has 2 aromatic heterocycles. The molecule has 0 fully saturated rings. The Morgan fingerprint density at radius 1 is 1.00 bits per heavy atom. The average molecular weight is 380 g/mol. The fourth-order valence-electron chi connectivity index (χ4n) is 2.83. The van der Waals surface area contributed by atoms with E-state index in [9.17, 15) is 4.79 Å². The first kappa shape index (κ1) is 16.9. The Bertz CT molecular complexity index is 1050. The molecular formula is C20H17N3OS2. The van der Waals surface area contributed by atoms with Gasteiger partial charge in [0.2, 0.25) is 5.91 Å². The fraction of sp³-hybridized carbons (Fsp3) is 0.150. The summed E-state index contributed by atoms with van der Waals surface area (Å²) in [5.74, 6) is -0.0688. The maximum atomic E-state index is 11.1. The molecule has 2 heterocycles. The molecule has 0 saturated carbocycles.